The highest BCUT2D eigenvalue weighted by Gasteiger charge is 2.04. The van der Waals surface area contributed by atoms with E-state index in [-0.39, 0.29) is 12.3 Å². The van der Waals surface area contributed by atoms with Crippen LogP contribution in [-0.4, -0.2) is 17.3 Å². The molecule has 0 aliphatic carbocycles. The molecule has 1 rings (SSSR count). The lowest BCUT2D eigenvalue weighted by molar-refractivity contribution is -0.117. The summed E-state index contributed by atoms with van der Waals surface area (Å²) in [5, 5.41) is 0.812. The molecule has 11 heavy (non-hydrogen) atoms. The van der Waals surface area contributed by atoms with Crippen LogP contribution in [0.15, 0.2) is 9.98 Å². The number of rotatable bonds is 3. The molecule has 0 radical (unpaired) electrons. The van der Waals surface area contributed by atoms with Gasteiger partial charge in [-0.2, -0.15) is 0 Å². The molecule has 3 nitrogen and oxygen atoms in total. The first-order valence-corrected chi connectivity index (χ1v) is 4.65. The molecule has 60 valence electrons. The van der Waals surface area contributed by atoms with Gasteiger partial charge in [-0.1, -0.05) is 0 Å². The highest BCUT2D eigenvalue weighted by atomic mass is 79.9. The van der Waals surface area contributed by atoms with Gasteiger partial charge in [0.25, 0.3) is 0 Å². The summed E-state index contributed by atoms with van der Waals surface area (Å²) in [7, 11) is 0. The summed E-state index contributed by atoms with van der Waals surface area (Å²) in [6.07, 6.45) is 2.04. The number of nitrogens with two attached hydrogens (primary N) is 1. The summed E-state index contributed by atoms with van der Waals surface area (Å²) in [6, 6.07) is 0. The summed E-state index contributed by atoms with van der Waals surface area (Å²) in [4.78, 5) is 14.8. The number of hydrogen-bond donors (Lipinski definition) is 1. The van der Waals surface area contributed by atoms with Gasteiger partial charge in [-0.15, -0.1) is 11.3 Å². The van der Waals surface area contributed by atoms with Crippen molar-refractivity contribution < 1.29 is 4.79 Å². The predicted molar refractivity (Wildman–Crippen MR) is 47.6 cm³/mol. The van der Waals surface area contributed by atoms with E-state index in [0.29, 0.717) is 6.42 Å². The lowest BCUT2D eigenvalue weighted by Crippen LogP contribution is -2.15. The molecule has 0 saturated carbocycles. The van der Waals surface area contributed by atoms with Crippen LogP contribution in [0.4, 0.5) is 0 Å². The van der Waals surface area contributed by atoms with Crippen LogP contribution < -0.4 is 5.73 Å². The highest BCUT2D eigenvalue weighted by Crippen LogP contribution is 2.19. The first-order valence-electron chi connectivity index (χ1n) is 3.04. The van der Waals surface area contributed by atoms with E-state index in [1.165, 1.54) is 11.3 Å². The van der Waals surface area contributed by atoms with E-state index in [2.05, 4.69) is 20.9 Å². The van der Waals surface area contributed by atoms with Crippen LogP contribution >= 0.6 is 27.3 Å². The third-order valence-corrected chi connectivity index (χ3v) is 2.58. The maximum Gasteiger partial charge on any atom is 0.153 e. The highest BCUT2D eigenvalue weighted by molar-refractivity contribution is 9.11. The van der Waals surface area contributed by atoms with Gasteiger partial charge < -0.3 is 5.73 Å². The standard InChI is InChI=1S/C6H7BrN2OS/c7-5-3-9-6(11-5)1-4(10)2-8/h3H,1-2,8H2. The largest absolute Gasteiger partial charge is 0.324 e. The van der Waals surface area contributed by atoms with Crippen LogP contribution in [0.25, 0.3) is 0 Å². The quantitative estimate of drug-likeness (QED) is 0.849. The minimum atomic E-state index is 0.0202. The second-order valence-electron chi connectivity index (χ2n) is 1.98. The Morgan fingerprint density at radius 1 is 1.82 bits per heavy atom. The zero-order chi connectivity index (χ0) is 8.27. The van der Waals surface area contributed by atoms with Gasteiger partial charge in [-0.3, -0.25) is 4.79 Å². The molecule has 0 spiro atoms. The zero-order valence-corrected chi connectivity index (χ0v) is 8.11. The monoisotopic (exact) mass is 234 g/mol. The van der Waals surface area contributed by atoms with Crippen LogP contribution in [-0.2, 0) is 11.2 Å². The summed E-state index contributed by atoms with van der Waals surface area (Å²) >= 11 is 4.72. The van der Waals surface area contributed by atoms with Crippen molar-refractivity contribution in [2.75, 3.05) is 6.54 Å². The average Bonchev–Trinajstić information content (AvgIpc) is 2.35. The van der Waals surface area contributed by atoms with Crippen molar-refractivity contribution in [2.24, 2.45) is 5.73 Å². The molecule has 0 atom stereocenters. The molecule has 1 heterocycles. The maximum absolute atomic E-state index is 10.8. The molecule has 0 unspecified atom stereocenters. The van der Waals surface area contributed by atoms with Crippen molar-refractivity contribution in [2.45, 2.75) is 6.42 Å². The summed E-state index contributed by atoms with van der Waals surface area (Å²) in [5.74, 6) is 0.0202. The van der Waals surface area contributed by atoms with Gasteiger partial charge in [0.15, 0.2) is 5.78 Å². The number of aromatic nitrogens is 1. The van der Waals surface area contributed by atoms with Gasteiger partial charge in [0.2, 0.25) is 0 Å². The van der Waals surface area contributed by atoms with E-state index in [0.717, 1.165) is 8.79 Å². The number of carbonyl (C=O) groups is 1. The average molecular weight is 235 g/mol. The summed E-state index contributed by atoms with van der Waals surface area (Å²) < 4.78 is 0.942. The Kier molecular flexibility index (Phi) is 3.16. The number of thiazole rings is 1. The van der Waals surface area contributed by atoms with E-state index in [1.807, 2.05) is 0 Å². The van der Waals surface area contributed by atoms with E-state index in [4.69, 9.17) is 5.73 Å². The van der Waals surface area contributed by atoms with Gasteiger partial charge >= 0.3 is 0 Å². The van der Waals surface area contributed by atoms with Crippen molar-refractivity contribution in [1.29, 1.82) is 0 Å². The molecule has 1 aromatic rings. The third kappa shape index (κ3) is 2.69. The number of halogens is 1. The lowest BCUT2D eigenvalue weighted by Gasteiger charge is -1.90. The number of carbonyl (C=O) groups excluding carboxylic acids is 1. The molecule has 0 aliphatic rings. The number of ketones is 1. The molecule has 2 N–H and O–H groups in total. The number of nitrogens with zero attached hydrogens (tertiary/aromatic N) is 1. The van der Waals surface area contributed by atoms with Crippen LogP contribution in [0.1, 0.15) is 5.01 Å². The fourth-order valence-electron chi connectivity index (χ4n) is 0.611. The first-order chi connectivity index (χ1) is 5.22. The molecule has 0 bridgehead atoms. The molecule has 0 fully saturated rings. The molecule has 0 aromatic carbocycles. The fraction of sp³-hybridized carbons (Fsp3) is 0.333. The van der Waals surface area contributed by atoms with Gasteiger partial charge in [0.05, 0.1) is 22.9 Å². The van der Waals surface area contributed by atoms with E-state index in [9.17, 15) is 4.79 Å². The van der Waals surface area contributed by atoms with Gasteiger partial charge in [0, 0.05) is 0 Å². The Bertz CT molecular complexity index is 261. The Morgan fingerprint density at radius 2 is 2.55 bits per heavy atom. The van der Waals surface area contributed by atoms with Crippen LogP contribution in [0.5, 0.6) is 0 Å². The van der Waals surface area contributed by atoms with Crippen LogP contribution in [0.2, 0.25) is 0 Å². The molecule has 0 aliphatic heterocycles. The Balaban J connectivity index is 2.57. The normalized spacial score (nSPS) is 10.0. The molecule has 0 amide bonds. The number of hydrogen-bond acceptors (Lipinski definition) is 4. The smallest absolute Gasteiger partial charge is 0.153 e. The third-order valence-electron chi connectivity index (χ3n) is 1.10. The predicted octanol–water partition coefficient (Wildman–Crippen LogP) is 0.976. The van der Waals surface area contributed by atoms with Gasteiger partial charge in [0.1, 0.15) is 5.01 Å². The first kappa shape index (κ1) is 8.83. The number of Topliss-reactive ketones (excluding diaryl/α,β-unsaturated/α-hetero) is 1. The molecular weight excluding hydrogens is 228 g/mol. The van der Waals surface area contributed by atoms with Gasteiger partial charge in [-0.05, 0) is 15.9 Å². The van der Waals surface area contributed by atoms with E-state index in [1.54, 1.807) is 6.20 Å². The summed E-state index contributed by atoms with van der Waals surface area (Å²) in [6.45, 7) is 0.0944. The van der Waals surface area contributed by atoms with Crippen molar-refractivity contribution in [1.82, 2.24) is 4.98 Å². The van der Waals surface area contributed by atoms with Crippen molar-refractivity contribution in [3.05, 3.63) is 15.0 Å². The summed E-state index contributed by atoms with van der Waals surface area (Å²) in [5.41, 5.74) is 5.14. The molecule has 1 aromatic heterocycles. The SMILES string of the molecule is NCC(=O)Cc1ncc(Br)s1. The second-order valence-corrected chi connectivity index (χ2v) is 4.47. The Labute approximate surface area is 76.8 Å². The lowest BCUT2D eigenvalue weighted by atomic mass is 10.3. The van der Waals surface area contributed by atoms with Crippen LogP contribution in [0.3, 0.4) is 0 Å². The molecular formula is C6H7BrN2OS. The molecule has 5 heteroatoms. The molecule has 0 saturated heterocycles. The van der Waals surface area contributed by atoms with Gasteiger partial charge in [-0.25, -0.2) is 4.98 Å². The zero-order valence-electron chi connectivity index (χ0n) is 5.71. The second kappa shape index (κ2) is 3.94. The minimum Gasteiger partial charge on any atom is -0.324 e. The Morgan fingerprint density at radius 3 is 3.00 bits per heavy atom. The van der Waals surface area contributed by atoms with Crippen LogP contribution in [0, 0.1) is 0 Å². The topological polar surface area (TPSA) is 56.0 Å². The maximum atomic E-state index is 10.8. The van der Waals surface area contributed by atoms with Crippen molar-refractivity contribution in [3.63, 3.8) is 0 Å². The van der Waals surface area contributed by atoms with Crippen molar-refractivity contribution >= 4 is 33.0 Å². The minimum absolute atomic E-state index is 0.0202. The van der Waals surface area contributed by atoms with E-state index < -0.39 is 0 Å². The van der Waals surface area contributed by atoms with E-state index >= 15 is 0 Å². The Hall–Kier alpha value is -0.260. The van der Waals surface area contributed by atoms with Crippen molar-refractivity contribution in [3.8, 4) is 0 Å². The fourth-order valence-corrected chi connectivity index (χ4v) is 1.94.